The number of nitrogens with one attached hydrogen (secondary N) is 1. The monoisotopic (exact) mass is 253 g/mol. The number of hydrogen-bond donors (Lipinski definition) is 1. The van der Waals surface area contributed by atoms with Crippen molar-refractivity contribution in [1.29, 1.82) is 0 Å². The van der Waals surface area contributed by atoms with Crippen LogP contribution in [0.2, 0.25) is 5.02 Å². The Bertz CT molecular complexity index is 337. The maximum Gasteiger partial charge on any atom is 0.0717 e. The minimum atomic E-state index is 0.665. The molecule has 94 valence electrons. The van der Waals surface area contributed by atoms with Crippen molar-refractivity contribution >= 4 is 11.6 Å². The third-order valence-corrected chi connectivity index (χ3v) is 3.40. The van der Waals surface area contributed by atoms with Crippen molar-refractivity contribution in [2.45, 2.75) is 38.3 Å². The molecule has 0 radical (unpaired) electrons. The van der Waals surface area contributed by atoms with E-state index in [4.69, 9.17) is 16.3 Å². The second-order valence-corrected chi connectivity index (χ2v) is 5.05. The molecule has 1 aliphatic heterocycles. The van der Waals surface area contributed by atoms with Crippen molar-refractivity contribution in [3.05, 3.63) is 34.9 Å². The average molecular weight is 254 g/mol. The predicted octanol–water partition coefficient (Wildman–Crippen LogP) is 3.39. The fourth-order valence-electron chi connectivity index (χ4n) is 2.25. The molecule has 1 heterocycles. The van der Waals surface area contributed by atoms with Crippen molar-refractivity contribution < 1.29 is 4.74 Å². The van der Waals surface area contributed by atoms with Crippen LogP contribution in [0.3, 0.4) is 0 Å². The van der Waals surface area contributed by atoms with Crippen LogP contribution in [0.1, 0.15) is 31.2 Å². The SMILES string of the molecule is Clc1cccc(COCCCC2CCCN2)c1. The van der Waals surface area contributed by atoms with E-state index in [1.165, 1.54) is 25.8 Å². The summed E-state index contributed by atoms with van der Waals surface area (Å²) in [5, 5.41) is 4.28. The molecule has 3 heteroatoms. The standard InChI is InChI=1S/C14H20ClNO/c15-13-5-1-4-12(10-13)11-17-9-3-7-14-6-2-8-16-14/h1,4-5,10,14,16H,2-3,6-9,11H2. The molecule has 17 heavy (non-hydrogen) atoms. The van der Waals surface area contributed by atoms with Gasteiger partial charge in [-0.3, -0.25) is 0 Å². The van der Waals surface area contributed by atoms with Crippen molar-refractivity contribution in [3.63, 3.8) is 0 Å². The molecule has 2 rings (SSSR count). The summed E-state index contributed by atoms with van der Waals surface area (Å²) in [7, 11) is 0. The summed E-state index contributed by atoms with van der Waals surface area (Å²) in [6, 6.07) is 8.58. The lowest BCUT2D eigenvalue weighted by Gasteiger charge is -2.09. The Morgan fingerprint density at radius 1 is 1.41 bits per heavy atom. The number of ether oxygens (including phenoxy) is 1. The van der Waals surface area contributed by atoms with Gasteiger partial charge in [0.2, 0.25) is 0 Å². The minimum absolute atomic E-state index is 0.665. The molecule has 2 nitrogen and oxygen atoms in total. The normalized spacial score (nSPS) is 19.7. The minimum Gasteiger partial charge on any atom is -0.377 e. The lowest BCUT2D eigenvalue weighted by atomic mass is 10.1. The molecule has 0 spiro atoms. The largest absolute Gasteiger partial charge is 0.377 e. The molecule has 1 aromatic rings. The van der Waals surface area contributed by atoms with E-state index in [0.29, 0.717) is 6.61 Å². The van der Waals surface area contributed by atoms with E-state index in [1.807, 2.05) is 24.3 Å². The Balaban J connectivity index is 1.56. The van der Waals surface area contributed by atoms with Gasteiger partial charge in [-0.15, -0.1) is 0 Å². The van der Waals surface area contributed by atoms with Gasteiger partial charge in [-0.25, -0.2) is 0 Å². The van der Waals surface area contributed by atoms with E-state index in [-0.39, 0.29) is 0 Å². The lowest BCUT2D eigenvalue weighted by molar-refractivity contribution is 0.115. The molecule has 0 saturated carbocycles. The third kappa shape index (κ3) is 4.66. The molecule has 1 saturated heterocycles. The Labute approximate surface area is 108 Å². The first kappa shape index (κ1) is 12.9. The fourth-order valence-corrected chi connectivity index (χ4v) is 2.46. The fraction of sp³-hybridized carbons (Fsp3) is 0.571. The van der Waals surface area contributed by atoms with Crippen LogP contribution >= 0.6 is 11.6 Å². The van der Waals surface area contributed by atoms with Gasteiger partial charge in [-0.2, -0.15) is 0 Å². The number of benzene rings is 1. The summed E-state index contributed by atoms with van der Waals surface area (Å²) in [5.41, 5.74) is 1.15. The van der Waals surface area contributed by atoms with Gasteiger partial charge in [0.15, 0.2) is 0 Å². The summed E-state index contributed by atoms with van der Waals surface area (Å²) in [6.45, 7) is 2.69. The van der Waals surface area contributed by atoms with E-state index < -0.39 is 0 Å². The second kappa shape index (κ2) is 7.00. The molecule has 1 N–H and O–H groups in total. The Morgan fingerprint density at radius 3 is 3.12 bits per heavy atom. The highest BCUT2D eigenvalue weighted by Crippen LogP contribution is 2.13. The third-order valence-electron chi connectivity index (χ3n) is 3.16. The highest BCUT2D eigenvalue weighted by molar-refractivity contribution is 6.30. The second-order valence-electron chi connectivity index (χ2n) is 4.62. The van der Waals surface area contributed by atoms with Crippen molar-refractivity contribution in [1.82, 2.24) is 5.32 Å². The lowest BCUT2D eigenvalue weighted by Crippen LogP contribution is -2.21. The average Bonchev–Trinajstić information content (AvgIpc) is 2.82. The predicted molar refractivity (Wildman–Crippen MR) is 71.4 cm³/mol. The van der Waals surface area contributed by atoms with Gasteiger partial charge < -0.3 is 10.1 Å². The van der Waals surface area contributed by atoms with Crippen LogP contribution in [0.25, 0.3) is 0 Å². The quantitative estimate of drug-likeness (QED) is 0.785. The summed E-state index contributed by atoms with van der Waals surface area (Å²) in [5.74, 6) is 0. The van der Waals surface area contributed by atoms with Crippen LogP contribution in [0.15, 0.2) is 24.3 Å². The maximum atomic E-state index is 5.91. The van der Waals surface area contributed by atoms with Crippen molar-refractivity contribution in [2.24, 2.45) is 0 Å². The van der Waals surface area contributed by atoms with Crippen molar-refractivity contribution in [3.8, 4) is 0 Å². The van der Waals surface area contributed by atoms with Crippen LogP contribution in [0.4, 0.5) is 0 Å². The Hall–Kier alpha value is -0.570. The molecule has 0 aliphatic carbocycles. The molecule has 0 aromatic heterocycles. The zero-order chi connectivity index (χ0) is 11.9. The number of rotatable bonds is 6. The van der Waals surface area contributed by atoms with Crippen LogP contribution in [0, 0.1) is 0 Å². The molecule has 1 aliphatic rings. The Morgan fingerprint density at radius 2 is 2.35 bits per heavy atom. The van der Waals surface area contributed by atoms with E-state index in [1.54, 1.807) is 0 Å². The van der Waals surface area contributed by atoms with E-state index in [9.17, 15) is 0 Å². The first-order chi connectivity index (χ1) is 8.34. The highest BCUT2D eigenvalue weighted by Gasteiger charge is 2.12. The topological polar surface area (TPSA) is 21.3 Å². The van der Waals surface area contributed by atoms with Gasteiger partial charge in [0.05, 0.1) is 6.61 Å². The van der Waals surface area contributed by atoms with Crippen molar-refractivity contribution in [2.75, 3.05) is 13.2 Å². The van der Waals surface area contributed by atoms with Gasteiger partial charge in [-0.05, 0) is 49.9 Å². The molecular weight excluding hydrogens is 234 g/mol. The van der Waals surface area contributed by atoms with E-state index >= 15 is 0 Å². The van der Waals surface area contributed by atoms with Crippen LogP contribution < -0.4 is 5.32 Å². The molecule has 1 atom stereocenters. The van der Waals surface area contributed by atoms with Gasteiger partial charge in [0.25, 0.3) is 0 Å². The smallest absolute Gasteiger partial charge is 0.0717 e. The van der Waals surface area contributed by atoms with Gasteiger partial charge in [0.1, 0.15) is 0 Å². The molecule has 1 unspecified atom stereocenters. The van der Waals surface area contributed by atoms with E-state index in [2.05, 4.69) is 5.32 Å². The zero-order valence-electron chi connectivity index (χ0n) is 10.1. The summed E-state index contributed by atoms with van der Waals surface area (Å²) >= 11 is 5.91. The zero-order valence-corrected chi connectivity index (χ0v) is 10.9. The van der Waals surface area contributed by atoms with E-state index in [0.717, 1.165) is 29.7 Å². The van der Waals surface area contributed by atoms with Gasteiger partial charge >= 0.3 is 0 Å². The number of halogens is 1. The van der Waals surface area contributed by atoms with Crippen LogP contribution in [-0.4, -0.2) is 19.2 Å². The molecular formula is C14H20ClNO. The Kier molecular flexibility index (Phi) is 5.30. The van der Waals surface area contributed by atoms with Gasteiger partial charge in [0, 0.05) is 17.7 Å². The highest BCUT2D eigenvalue weighted by atomic mass is 35.5. The molecule has 0 amide bonds. The maximum absolute atomic E-state index is 5.91. The summed E-state index contributed by atoms with van der Waals surface area (Å²) in [4.78, 5) is 0. The van der Waals surface area contributed by atoms with Crippen LogP contribution in [-0.2, 0) is 11.3 Å². The van der Waals surface area contributed by atoms with Crippen LogP contribution in [0.5, 0.6) is 0 Å². The van der Waals surface area contributed by atoms with Gasteiger partial charge in [-0.1, -0.05) is 23.7 Å². The first-order valence-electron chi connectivity index (χ1n) is 6.40. The molecule has 1 fully saturated rings. The summed E-state index contributed by atoms with van der Waals surface area (Å²) < 4.78 is 5.65. The summed E-state index contributed by atoms with van der Waals surface area (Å²) in [6.07, 6.45) is 5.02. The first-order valence-corrected chi connectivity index (χ1v) is 6.78. The number of hydrogen-bond acceptors (Lipinski definition) is 2. The molecule has 0 bridgehead atoms. The molecule has 1 aromatic carbocycles.